The highest BCUT2D eigenvalue weighted by Crippen LogP contribution is 2.32. The van der Waals surface area contributed by atoms with Gasteiger partial charge in [-0.25, -0.2) is 4.79 Å². The van der Waals surface area contributed by atoms with Crippen molar-refractivity contribution in [2.75, 3.05) is 11.1 Å². The van der Waals surface area contributed by atoms with Crippen LogP contribution in [0.25, 0.3) is 10.8 Å². The lowest BCUT2D eigenvalue weighted by Crippen LogP contribution is -2.06. The Hall–Kier alpha value is -2.46. The van der Waals surface area contributed by atoms with Crippen molar-refractivity contribution in [3.05, 3.63) is 63.5 Å². The molecule has 2 aromatic carbocycles. The molecule has 3 aromatic rings. The van der Waals surface area contributed by atoms with Gasteiger partial charge >= 0.3 is 5.63 Å². The molecule has 21 heavy (non-hydrogen) atoms. The maximum atomic E-state index is 11.8. The summed E-state index contributed by atoms with van der Waals surface area (Å²) in [7, 11) is 0. The average Bonchev–Trinajstić information content (AvgIpc) is 2.47. The van der Waals surface area contributed by atoms with Crippen molar-refractivity contribution in [3.8, 4) is 0 Å². The van der Waals surface area contributed by atoms with Crippen molar-refractivity contribution in [1.29, 1.82) is 0 Å². The van der Waals surface area contributed by atoms with Gasteiger partial charge in [-0.2, -0.15) is 0 Å². The zero-order valence-electron chi connectivity index (χ0n) is 11.3. The Bertz CT molecular complexity index is 887. The Kier molecular flexibility index (Phi) is 3.31. The van der Waals surface area contributed by atoms with Crippen LogP contribution >= 0.6 is 11.6 Å². The van der Waals surface area contributed by atoms with E-state index in [9.17, 15) is 4.79 Å². The minimum atomic E-state index is -0.448. The largest absolute Gasteiger partial charge is 0.404 e. The molecule has 0 atom stereocenters. The second kappa shape index (κ2) is 5.14. The topological polar surface area (TPSA) is 68.3 Å². The molecule has 0 spiro atoms. The highest BCUT2D eigenvalue weighted by atomic mass is 35.5. The zero-order valence-corrected chi connectivity index (χ0v) is 12.1. The SMILES string of the molecule is Cc1c(Cl)cccc1Nc1c(N)oc(=O)c2ccccc12. The van der Waals surface area contributed by atoms with Gasteiger partial charge < -0.3 is 15.5 Å². The smallest absolute Gasteiger partial charge is 0.345 e. The summed E-state index contributed by atoms with van der Waals surface area (Å²) in [5.74, 6) is 0.0538. The summed E-state index contributed by atoms with van der Waals surface area (Å²) < 4.78 is 5.09. The number of hydrogen-bond donors (Lipinski definition) is 2. The van der Waals surface area contributed by atoms with Gasteiger partial charge in [0.05, 0.1) is 5.39 Å². The van der Waals surface area contributed by atoms with Crippen molar-refractivity contribution < 1.29 is 4.42 Å². The van der Waals surface area contributed by atoms with Crippen molar-refractivity contribution in [2.24, 2.45) is 0 Å². The molecule has 4 nitrogen and oxygen atoms in total. The van der Waals surface area contributed by atoms with Gasteiger partial charge in [0.1, 0.15) is 5.69 Å². The molecule has 1 aromatic heterocycles. The van der Waals surface area contributed by atoms with Gasteiger partial charge in [-0.05, 0) is 30.7 Å². The third-order valence-corrected chi connectivity index (χ3v) is 3.80. The molecule has 3 N–H and O–H groups in total. The van der Waals surface area contributed by atoms with Crippen LogP contribution in [-0.4, -0.2) is 0 Å². The van der Waals surface area contributed by atoms with Crippen LogP contribution in [-0.2, 0) is 0 Å². The number of anilines is 3. The van der Waals surface area contributed by atoms with E-state index < -0.39 is 5.63 Å². The monoisotopic (exact) mass is 300 g/mol. The molecule has 106 valence electrons. The number of halogens is 1. The minimum absolute atomic E-state index is 0.0538. The van der Waals surface area contributed by atoms with E-state index in [2.05, 4.69) is 5.32 Å². The number of nitrogen functional groups attached to an aromatic ring is 1. The number of hydrogen-bond acceptors (Lipinski definition) is 4. The summed E-state index contributed by atoms with van der Waals surface area (Å²) in [6.45, 7) is 1.90. The molecule has 0 amide bonds. The summed E-state index contributed by atoms with van der Waals surface area (Å²) in [5, 5.41) is 5.06. The molecular formula is C16H13ClN2O2. The first-order valence-electron chi connectivity index (χ1n) is 6.41. The molecule has 0 radical (unpaired) electrons. The van der Waals surface area contributed by atoms with Gasteiger partial charge in [0.25, 0.3) is 0 Å². The zero-order chi connectivity index (χ0) is 15.0. The van der Waals surface area contributed by atoms with Crippen LogP contribution in [0.3, 0.4) is 0 Å². The second-order valence-corrected chi connectivity index (χ2v) is 5.12. The fraction of sp³-hybridized carbons (Fsp3) is 0.0625. The normalized spacial score (nSPS) is 10.8. The molecule has 1 heterocycles. The van der Waals surface area contributed by atoms with Crippen molar-refractivity contribution >= 4 is 39.6 Å². The summed E-state index contributed by atoms with van der Waals surface area (Å²) in [6, 6.07) is 12.7. The number of nitrogens with one attached hydrogen (secondary N) is 1. The number of benzene rings is 2. The molecule has 0 saturated heterocycles. The Morgan fingerprint density at radius 2 is 1.81 bits per heavy atom. The predicted octanol–water partition coefficient (Wildman–Crippen LogP) is 4.08. The number of nitrogens with two attached hydrogens (primary N) is 1. The lowest BCUT2D eigenvalue weighted by molar-refractivity contribution is 0.542. The standard InChI is InChI=1S/C16H13ClN2O2/c1-9-12(17)7-4-8-13(9)19-14-10-5-2-3-6-11(10)16(20)21-15(14)18/h2-8,19H,18H2,1H3. The van der Waals surface area contributed by atoms with E-state index in [1.807, 2.05) is 37.3 Å². The molecule has 0 fully saturated rings. The minimum Gasteiger partial charge on any atom is -0.404 e. The summed E-state index contributed by atoms with van der Waals surface area (Å²) in [5.41, 5.74) is 7.69. The highest BCUT2D eigenvalue weighted by molar-refractivity contribution is 6.31. The Morgan fingerprint density at radius 1 is 1.10 bits per heavy atom. The van der Waals surface area contributed by atoms with Gasteiger partial charge in [-0.15, -0.1) is 0 Å². The van der Waals surface area contributed by atoms with Gasteiger partial charge in [-0.1, -0.05) is 35.9 Å². The van der Waals surface area contributed by atoms with Crippen molar-refractivity contribution in [3.63, 3.8) is 0 Å². The van der Waals surface area contributed by atoms with E-state index in [0.29, 0.717) is 21.5 Å². The molecule has 0 aliphatic rings. The summed E-state index contributed by atoms with van der Waals surface area (Å²) in [4.78, 5) is 11.8. The van der Waals surface area contributed by atoms with E-state index in [0.717, 1.165) is 11.3 Å². The first kappa shape index (κ1) is 13.5. The van der Waals surface area contributed by atoms with Crippen molar-refractivity contribution in [1.82, 2.24) is 0 Å². The number of rotatable bonds is 2. The van der Waals surface area contributed by atoms with E-state index in [-0.39, 0.29) is 5.88 Å². The van der Waals surface area contributed by atoms with Crippen molar-refractivity contribution in [2.45, 2.75) is 6.92 Å². The molecule has 0 saturated carbocycles. The molecule has 0 bridgehead atoms. The van der Waals surface area contributed by atoms with Crippen LogP contribution in [0.4, 0.5) is 17.3 Å². The van der Waals surface area contributed by atoms with Crippen LogP contribution in [0.2, 0.25) is 5.02 Å². The van der Waals surface area contributed by atoms with Crippen LogP contribution in [0.5, 0.6) is 0 Å². The maximum Gasteiger partial charge on any atom is 0.345 e. The van der Waals surface area contributed by atoms with E-state index in [1.54, 1.807) is 12.1 Å². The average molecular weight is 301 g/mol. The quantitative estimate of drug-likeness (QED) is 0.748. The van der Waals surface area contributed by atoms with Crippen LogP contribution in [0.15, 0.2) is 51.7 Å². The third kappa shape index (κ3) is 2.34. The van der Waals surface area contributed by atoms with E-state index >= 15 is 0 Å². The molecule has 3 rings (SSSR count). The Labute approximate surface area is 126 Å². The summed E-state index contributed by atoms with van der Waals surface area (Å²) >= 11 is 6.12. The van der Waals surface area contributed by atoms with Gasteiger partial charge in [-0.3, -0.25) is 0 Å². The fourth-order valence-corrected chi connectivity index (χ4v) is 2.40. The van der Waals surface area contributed by atoms with Crippen LogP contribution in [0.1, 0.15) is 5.56 Å². The number of fused-ring (bicyclic) bond motifs is 1. The van der Waals surface area contributed by atoms with Gasteiger partial charge in [0.2, 0.25) is 5.88 Å². The van der Waals surface area contributed by atoms with Gasteiger partial charge in [0, 0.05) is 16.1 Å². The van der Waals surface area contributed by atoms with Crippen LogP contribution in [0, 0.1) is 6.92 Å². The Balaban J connectivity index is 2.21. The predicted molar refractivity (Wildman–Crippen MR) is 86.4 cm³/mol. The molecular weight excluding hydrogens is 288 g/mol. The second-order valence-electron chi connectivity index (χ2n) is 4.71. The lowest BCUT2D eigenvalue weighted by Gasteiger charge is -2.13. The molecule has 0 aliphatic heterocycles. The fourth-order valence-electron chi connectivity index (χ4n) is 2.22. The lowest BCUT2D eigenvalue weighted by atomic mass is 10.1. The van der Waals surface area contributed by atoms with Gasteiger partial charge in [0.15, 0.2) is 0 Å². The molecule has 0 aliphatic carbocycles. The first-order chi connectivity index (χ1) is 10.1. The maximum absolute atomic E-state index is 11.8. The van der Waals surface area contributed by atoms with E-state index in [1.165, 1.54) is 0 Å². The summed E-state index contributed by atoms with van der Waals surface area (Å²) in [6.07, 6.45) is 0. The molecule has 0 unspecified atom stereocenters. The highest BCUT2D eigenvalue weighted by Gasteiger charge is 2.12. The Morgan fingerprint density at radius 3 is 2.57 bits per heavy atom. The third-order valence-electron chi connectivity index (χ3n) is 3.39. The first-order valence-corrected chi connectivity index (χ1v) is 6.79. The van der Waals surface area contributed by atoms with E-state index in [4.69, 9.17) is 21.8 Å². The van der Waals surface area contributed by atoms with Crippen LogP contribution < -0.4 is 16.7 Å². The molecule has 5 heteroatoms.